The van der Waals surface area contributed by atoms with Crippen molar-refractivity contribution in [3.63, 3.8) is 0 Å². The molecule has 0 spiro atoms. The van der Waals surface area contributed by atoms with Crippen LogP contribution >= 0.6 is 11.8 Å². The molecule has 0 radical (unpaired) electrons. The van der Waals surface area contributed by atoms with E-state index in [9.17, 15) is 17.6 Å². The van der Waals surface area contributed by atoms with Gasteiger partial charge in [-0.3, -0.25) is 4.79 Å². The first kappa shape index (κ1) is 16.3. The Morgan fingerprint density at radius 2 is 2.19 bits per heavy atom. The Bertz CT molecular complexity index is 646. The fourth-order valence-corrected chi connectivity index (χ4v) is 5.29. The SMILES string of the molecule is CCS(=O)(=O)C1CSCCN1C(=O)c1ccc(F)cc1C. The van der Waals surface area contributed by atoms with Gasteiger partial charge in [0.2, 0.25) is 0 Å². The molecule has 0 bridgehead atoms. The highest BCUT2D eigenvalue weighted by molar-refractivity contribution is 8.01. The summed E-state index contributed by atoms with van der Waals surface area (Å²) in [4.78, 5) is 14.0. The second kappa shape index (κ2) is 6.36. The number of aryl methyl sites for hydroxylation is 1. The molecule has 4 nitrogen and oxygen atoms in total. The van der Waals surface area contributed by atoms with E-state index in [4.69, 9.17) is 0 Å². The molecule has 1 fully saturated rings. The van der Waals surface area contributed by atoms with Crippen LogP contribution in [0.5, 0.6) is 0 Å². The maximum Gasteiger partial charge on any atom is 0.255 e. The molecule has 1 saturated heterocycles. The number of carbonyl (C=O) groups excluding carboxylic acids is 1. The van der Waals surface area contributed by atoms with Crippen molar-refractivity contribution in [3.05, 3.63) is 35.1 Å². The number of halogens is 1. The second-order valence-corrected chi connectivity index (χ2v) is 8.54. The van der Waals surface area contributed by atoms with Gasteiger partial charge in [0, 0.05) is 29.4 Å². The Balaban J connectivity index is 2.35. The van der Waals surface area contributed by atoms with Crippen LogP contribution < -0.4 is 0 Å². The number of amides is 1. The quantitative estimate of drug-likeness (QED) is 0.851. The zero-order valence-corrected chi connectivity index (χ0v) is 13.6. The second-order valence-electron chi connectivity index (χ2n) is 4.94. The lowest BCUT2D eigenvalue weighted by Gasteiger charge is -2.35. The summed E-state index contributed by atoms with van der Waals surface area (Å²) in [6, 6.07) is 3.93. The molecule has 1 aromatic rings. The van der Waals surface area contributed by atoms with E-state index >= 15 is 0 Å². The lowest BCUT2D eigenvalue weighted by molar-refractivity contribution is 0.0748. The summed E-state index contributed by atoms with van der Waals surface area (Å²) in [5.41, 5.74) is 0.880. The number of hydrogen-bond acceptors (Lipinski definition) is 4. The molecule has 1 aliphatic heterocycles. The summed E-state index contributed by atoms with van der Waals surface area (Å²) in [5.74, 6) is 0.361. The number of sulfone groups is 1. The zero-order chi connectivity index (χ0) is 15.6. The minimum atomic E-state index is -3.33. The van der Waals surface area contributed by atoms with E-state index in [1.807, 2.05) is 0 Å². The Labute approximate surface area is 128 Å². The van der Waals surface area contributed by atoms with Crippen molar-refractivity contribution in [2.24, 2.45) is 0 Å². The van der Waals surface area contributed by atoms with Gasteiger partial charge in [0.25, 0.3) is 5.91 Å². The standard InChI is InChI=1S/C14H18FNO3S2/c1-3-21(18,19)13-9-20-7-6-16(13)14(17)12-5-4-11(15)8-10(12)2/h4-5,8,13H,3,6-7,9H2,1-2H3. The van der Waals surface area contributed by atoms with Crippen LogP contribution in [-0.2, 0) is 9.84 Å². The van der Waals surface area contributed by atoms with Crippen LogP contribution in [0.15, 0.2) is 18.2 Å². The molecule has 1 amide bonds. The molecular formula is C14H18FNO3S2. The molecule has 0 aromatic heterocycles. The van der Waals surface area contributed by atoms with Gasteiger partial charge in [-0.25, -0.2) is 12.8 Å². The third-order valence-electron chi connectivity index (χ3n) is 3.58. The molecule has 1 heterocycles. The molecule has 7 heteroatoms. The number of nitrogens with zero attached hydrogens (tertiary/aromatic N) is 1. The van der Waals surface area contributed by atoms with Crippen molar-refractivity contribution in [2.45, 2.75) is 19.2 Å². The minimum absolute atomic E-state index is 0.00437. The molecule has 21 heavy (non-hydrogen) atoms. The molecule has 1 unspecified atom stereocenters. The van der Waals surface area contributed by atoms with Gasteiger partial charge in [-0.05, 0) is 30.7 Å². The molecule has 2 rings (SSSR count). The first-order valence-corrected chi connectivity index (χ1v) is 9.60. The van der Waals surface area contributed by atoms with Crippen molar-refractivity contribution < 1.29 is 17.6 Å². The largest absolute Gasteiger partial charge is 0.320 e. The summed E-state index contributed by atoms with van der Waals surface area (Å²) in [7, 11) is -3.33. The van der Waals surface area contributed by atoms with Crippen LogP contribution in [0.4, 0.5) is 4.39 Å². The molecule has 0 N–H and O–H groups in total. The summed E-state index contributed by atoms with van der Waals surface area (Å²) < 4.78 is 37.5. The smallest absolute Gasteiger partial charge is 0.255 e. The maximum atomic E-state index is 13.1. The molecular weight excluding hydrogens is 313 g/mol. The van der Waals surface area contributed by atoms with Gasteiger partial charge in [0.05, 0.1) is 0 Å². The Kier molecular flexibility index (Phi) is 4.93. The summed E-state index contributed by atoms with van der Waals surface area (Å²) in [6.07, 6.45) is 0. The molecule has 1 aromatic carbocycles. The normalized spacial score (nSPS) is 19.6. The monoisotopic (exact) mass is 331 g/mol. The molecule has 0 aliphatic carbocycles. The van der Waals surface area contributed by atoms with E-state index in [0.717, 1.165) is 0 Å². The van der Waals surface area contributed by atoms with Crippen molar-refractivity contribution in [2.75, 3.05) is 23.8 Å². The Hall–Kier alpha value is -1.08. The number of rotatable bonds is 3. The fraction of sp³-hybridized carbons (Fsp3) is 0.500. The third kappa shape index (κ3) is 3.40. The van der Waals surface area contributed by atoms with Crippen molar-refractivity contribution in [1.82, 2.24) is 4.90 Å². The van der Waals surface area contributed by atoms with Crippen LogP contribution in [0.1, 0.15) is 22.8 Å². The van der Waals surface area contributed by atoms with Gasteiger partial charge < -0.3 is 4.90 Å². The van der Waals surface area contributed by atoms with Crippen LogP contribution in [0.2, 0.25) is 0 Å². The highest BCUT2D eigenvalue weighted by Crippen LogP contribution is 2.24. The number of benzene rings is 1. The lowest BCUT2D eigenvalue weighted by Crippen LogP contribution is -2.50. The van der Waals surface area contributed by atoms with Crippen LogP contribution in [0, 0.1) is 12.7 Å². The zero-order valence-electron chi connectivity index (χ0n) is 12.0. The average Bonchev–Trinajstić information content (AvgIpc) is 2.46. The topological polar surface area (TPSA) is 54.5 Å². The highest BCUT2D eigenvalue weighted by atomic mass is 32.2. The van der Waals surface area contributed by atoms with Crippen molar-refractivity contribution in [3.8, 4) is 0 Å². The Morgan fingerprint density at radius 3 is 2.81 bits per heavy atom. The Morgan fingerprint density at radius 1 is 1.48 bits per heavy atom. The first-order chi connectivity index (χ1) is 9.86. The predicted octanol–water partition coefficient (Wildman–Crippen LogP) is 2.08. The first-order valence-electron chi connectivity index (χ1n) is 6.73. The van der Waals surface area contributed by atoms with Gasteiger partial charge in [-0.1, -0.05) is 6.92 Å². The average molecular weight is 331 g/mol. The molecule has 1 aliphatic rings. The van der Waals surface area contributed by atoms with Crippen molar-refractivity contribution in [1.29, 1.82) is 0 Å². The third-order valence-corrected chi connectivity index (χ3v) is 6.87. The molecule has 0 saturated carbocycles. The number of carbonyl (C=O) groups is 1. The number of thioether (sulfide) groups is 1. The van der Waals surface area contributed by atoms with Crippen LogP contribution in [-0.4, -0.2) is 48.4 Å². The lowest BCUT2D eigenvalue weighted by atomic mass is 10.1. The van der Waals surface area contributed by atoms with E-state index in [1.165, 1.54) is 34.9 Å². The summed E-state index contributed by atoms with van der Waals surface area (Å²) in [5, 5.41) is -0.793. The maximum absolute atomic E-state index is 13.1. The van der Waals surface area contributed by atoms with E-state index < -0.39 is 21.0 Å². The summed E-state index contributed by atoms with van der Waals surface area (Å²) in [6.45, 7) is 3.63. The van der Waals surface area contributed by atoms with Crippen LogP contribution in [0.3, 0.4) is 0 Å². The highest BCUT2D eigenvalue weighted by Gasteiger charge is 2.36. The van der Waals surface area contributed by atoms with Gasteiger partial charge in [-0.2, -0.15) is 11.8 Å². The van der Waals surface area contributed by atoms with Gasteiger partial charge in [0.15, 0.2) is 9.84 Å². The van der Waals surface area contributed by atoms with Crippen LogP contribution in [0.25, 0.3) is 0 Å². The van der Waals surface area contributed by atoms with E-state index in [2.05, 4.69) is 0 Å². The van der Waals surface area contributed by atoms with Gasteiger partial charge in [0.1, 0.15) is 11.2 Å². The van der Waals surface area contributed by atoms with E-state index in [0.29, 0.717) is 29.2 Å². The summed E-state index contributed by atoms with van der Waals surface area (Å²) >= 11 is 1.54. The predicted molar refractivity (Wildman–Crippen MR) is 82.7 cm³/mol. The number of hydrogen-bond donors (Lipinski definition) is 0. The van der Waals surface area contributed by atoms with Gasteiger partial charge >= 0.3 is 0 Å². The van der Waals surface area contributed by atoms with E-state index in [-0.39, 0.29) is 11.7 Å². The molecule has 1 atom stereocenters. The van der Waals surface area contributed by atoms with Crippen molar-refractivity contribution >= 4 is 27.5 Å². The minimum Gasteiger partial charge on any atom is -0.320 e. The fourth-order valence-electron chi connectivity index (χ4n) is 2.33. The van der Waals surface area contributed by atoms with E-state index in [1.54, 1.807) is 13.8 Å². The van der Waals surface area contributed by atoms with Gasteiger partial charge in [-0.15, -0.1) is 0 Å². The molecule has 116 valence electrons.